The zero-order chi connectivity index (χ0) is 10.3. The molecule has 1 atom stereocenters. The summed E-state index contributed by atoms with van der Waals surface area (Å²) in [7, 11) is 0. The van der Waals surface area contributed by atoms with Crippen molar-refractivity contribution in [1.29, 1.82) is 0 Å². The number of hydrogen-bond acceptors (Lipinski definition) is 2. The molecule has 1 fully saturated rings. The van der Waals surface area contributed by atoms with E-state index in [4.69, 9.17) is 0 Å². The minimum Gasteiger partial charge on any atom is -0.342 e. The molecule has 4 nitrogen and oxygen atoms in total. The molecule has 2 heterocycles. The molecule has 2 aromatic heterocycles. The number of nitrogens with one attached hydrogen (secondary N) is 1. The summed E-state index contributed by atoms with van der Waals surface area (Å²) in [6, 6.07) is 0.547. The van der Waals surface area contributed by atoms with E-state index < -0.39 is 0 Å². The van der Waals surface area contributed by atoms with Crippen LogP contribution in [0.15, 0.2) is 24.9 Å². The monoisotopic (exact) mass is 202 g/mol. The first kappa shape index (κ1) is 8.71. The van der Waals surface area contributed by atoms with Crippen LogP contribution >= 0.6 is 0 Å². The van der Waals surface area contributed by atoms with Crippen LogP contribution in [0.2, 0.25) is 0 Å². The molecule has 0 aliphatic heterocycles. The molecule has 1 aliphatic carbocycles. The predicted octanol–water partition coefficient (Wildman–Crippen LogP) is 2.24. The van der Waals surface area contributed by atoms with Gasteiger partial charge in [0.05, 0.1) is 12.5 Å². The Kier molecular flexibility index (Phi) is 1.87. The van der Waals surface area contributed by atoms with Gasteiger partial charge >= 0.3 is 0 Å². The van der Waals surface area contributed by atoms with Gasteiger partial charge in [0, 0.05) is 18.4 Å². The van der Waals surface area contributed by atoms with E-state index in [9.17, 15) is 0 Å². The van der Waals surface area contributed by atoms with Crippen molar-refractivity contribution in [2.45, 2.75) is 25.8 Å². The third-order valence-electron chi connectivity index (χ3n) is 3.15. The minimum absolute atomic E-state index is 0.547. The first-order chi connectivity index (χ1) is 7.36. The molecular weight excluding hydrogens is 188 g/mol. The van der Waals surface area contributed by atoms with Gasteiger partial charge in [-0.3, -0.25) is 0 Å². The fraction of sp³-hybridized carbons (Fsp3) is 0.455. The zero-order valence-corrected chi connectivity index (χ0v) is 8.72. The summed E-state index contributed by atoms with van der Waals surface area (Å²) in [5, 5.41) is 0. The highest BCUT2D eigenvalue weighted by Gasteiger charge is 2.30. The number of H-pyrrole nitrogens is 1. The van der Waals surface area contributed by atoms with Crippen LogP contribution in [0.5, 0.6) is 0 Å². The quantitative estimate of drug-likeness (QED) is 0.829. The van der Waals surface area contributed by atoms with Crippen LogP contribution in [0.4, 0.5) is 0 Å². The third-order valence-corrected chi connectivity index (χ3v) is 3.15. The van der Waals surface area contributed by atoms with Gasteiger partial charge in [0.15, 0.2) is 5.82 Å². The van der Waals surface area contributed by atoms with Crippen LogP contribution in [0.3, 0.4) is 0 Å². The molecule has 0 bridgehead atoms. The van der Waals surface area contributed by atoms with E-state index >= 15 is 0 Å². The molecule has 1 N–H and O–H groups in total. The van der Waals surface area contributed by atoms with E-state index in [0.717, 1.165) is 17.4 Å². The molecular formula is C11H14N4. The molecule has 1 saturated carbocycles. The highest BCUT2D eigenvalue weighted by Crippen LogP contribution is 2.40. The molecule has 0 aromatic carbocycles. The summed E-state index contributed by atoms with van der Waals surface area (Å²) in [4.78, 5) is 11.5. The van der Waals surface area contributed by atoms with E-state index in [0.29, 0.717) is 6.04 Å². The van der Waals surface area contributed by atoms with Gasteiger partial charge in [0.1, 0.15) is 5.69 Å². The fourth-order valence-corrected chi connectivity index (χ4v) is 2.03. The zero-order valence-electron chi connectivity index (χ0n) is 8.72. The second kappa shape index (κ2) is 3.22. The van der Waals surface area contributed by atoms with Crippen LogP contribution in [0, 0.1) is 5.92 Å². The fourth-order valence-electron chi connectivity index (χ4n) is 2.03. The van der Waals surface area contributed by atoms with Crippen molar-refractivity contribution in [2.75, 3.05) is 0 Å². The van der Waals surface area contributed by atoms with Gasteiger partial charge in [-0.25, -0.2) is 9.97 Å². The normalized spacial score (nSPS) is 17.9. The van der Waals surface area contributed by atoms with Gasteiger partial charge in [-0.15, -0.1) is 0 Å². The Morgan fingerprint density at radius 2 is 2.40 bits per heavy atom. The smallest absolute Gasteiger partial charge is 0.158 e. The lowest BCUT2D eigenvalue weighted by molar-refractivity contribution is 0.489. The van der Waals surface area contributed by atoms with Gasteiger partial charge in [-0.1, -0.05) is 0 Å². The highest BCUT2D eigenvalue weighted by atomic mass is 15.1. The van der Waals surface area contributed by atoms with Crippen molar-refractivity contribution in [1.82, 2.24) is 19.5 Å². The van der Waals surface area contributed by atoms with Gasteiger partial charge < -0.3 is 9.55 Å². The molecule has 3 rings (SSSR count). The lowest BCUT2D eigenvalue weighted by Gasteiger charge is -2.14. The number of rotatable bonds is 3. The van der Waals surface area contributed by atoms with Crippen molar-refractivity contribution in [3.8, 4) is 11.5 Å². The maximum absolute atomic E-state index is 4.38. The molecule has 0 saturated heterocycles. The summed E-state index contributed by atoms with van der Waals surface area (Å²) in [6.45, 7) is 2.26. The number of aromatic nitrogens is 4. The lowest BCUT2D eigenvalue weighted by Crippen LogP contribution is -2.07. The van der Waals surface area contributed by atoms with Crippen LogP contribution in [-0.2, 0) is 0 Å². The Bertz CT molecular complexity index is 439. The Morgan fingerprint density at radius 1 is 1.53 bits per heavy atom. The molecule has 0 spiro atoms. The third kappa shape index (κ3) is 1.46. The van der Waals surface area contributed by atoms with Crippen LogP contribution in [0.25, 0.3) is 11.5 Å². The molecule has 2 aromatic rings. The van der Waals surface area contributed by atoms with E-state index in [1.54, 1.807) is 6.33 Å². The minimum atomic E-state index is 0.547. The van der Waals surface area contributed by atoms with E-state index in [1.165, 1.54) is 12.8 Å². The average molecular weight is 202 g/mol. The largest absolute Gasteiger partial charge is 0.342 e. The van der Waals surface area contributed by atoms with Gasteiger partial charge in [-0.05, 0) is 25.7 Å². The molecule has 4 heteroatoms. The SMILES string of the molecule is CC(C1CC1)n1ccnc1-c1cnc[nH]1. The molecule has 15 heavy (non-hydrogen) atoms. The second-order valence-corrected chi connectivity index (χ2v) is 4.20. The molecule has 1 unspecified atom stereocenters. The maximum atomic E-state index is 4.38. The molecule has 0 radical (unpaired) electrons. The molecule has 0 amide bonds. The summed E-state index contributed by atoms with van der Waals surface area (Å²) in [5.74, 6) is 1.83. The standard InChI is InChI=1S/C11H14N4/c1-8(9-2-3-9)15-5-4-13-11(15)10-6-12-7-14-10/h4-9H,2-3H2,1H3,(H,12,14). The summed E-state index contributed by atoms with van der Waals surface area (Å²) in [6.07, 6.45) is 10.1. The van der Waals surface area contributed by atoms with Crippen LogP contribution in [-0.4, -0.2) is 19.5 Å². The van der Waals surface area contributed by atoms with Gasteiger partial charge in [0.2, 0.25) is 0 Å². The van der Waals surface area contributed by atoms with Crippen molar-refractivity contribution in [2.24, 2.45) is 5.92 Å². The molecule has 1 aliphatic rings. The molecule has 78 valence electrons. The van der Waals surface area contributed by atoms with E-state index in [1.807, 2.05) is 12.4 Å². The first-order valence-corrected chi connectivity index (χ1v) is 5.38. The average Bonchev–Trinajstić information content (AvgIpc) is 2.80. The first-order valence-electron chi connectivity index (χ1n) is 5.38. The predicted molar refractivity (Wildman–Crippen MR) is 57.2 cm³/mol. The number of nitrogens with zero attached hydrogens (tertiary/aromatic N) is 3. The maximum Gasteiger partial charge on any atom is 0.158 e. The van der Waals surface area contributed by atoms with Crippen molar-refractivity contribution in [3.05, 3.63) is 24.9 Å². The van der Waals surface area contributed by atoms with Gasteiger partial charge in [-0.2, -0.15) is 0 Å². The Morgan fingerprint density at radius 3 is 3.07 bits per heavy atom. The Labute approximate surface area is 88.4 Å². The number of aromatic amines is 1. The number of hydrogen-bond donors (Lipinski definition) is 1. The number of imidazole rings is 2. The highest BCUT2D eigenvalue weighted by molar-refractivity contribution is 5.48. The Balaban J connectivity index is 1.98. The van der Waals surface area contributed by atoms with Gasteiger partial charge in [0.25, 0.3) is 0 Å². The summed E-state index contributed by atoms with van der Waals surface area (Å²) < 4.78 is 2.24. The lowest BCUT2D eigenvalue weighted by atomic mass is 10.2. The van der Waals surface area contributed by atoms with Crippen LogP contribution in [0.1, 0.15) is 25.8 Å². The van der Waals surface area contributed by atoms with Crippen LogP contribution < -0.4 is 0 Å². The van der Waals surface area contributed by atoms with Crippen molar-refractivity contribution >= 4 is 0 Å². The summed E-state index contributed by atoms with van der Waals surface area (Å²) >= 11 is 0. The summed E-state index contributed by atoms with van der Waals surface area (Å²) in [5.41, 5.74) is 0.993. The second-order valence-electron chi connectivity index (χ2n) is 4.20. The Hall–Kier alpha value is -1.58. The van der Waals surface area contributed by atoms with E-state index in [-0.39, 0.29) is 0 Å². The van der Waals surface area contributed by atoms with E-state index in [2.05, 4.69) is 32.6 Å². The van der Waals surface area contributed by atoms with Crippen molar-refractivity contribution < 1.29 is 0 Å². The topological polar surface area (TPSA) is 46.5 Å². The van der Waals surface area contributed by atoms with Crippen molar-refractivity contribution in [3.63, 3.8) is 0 Å².